The van der Waals surface area contributed by atoms with Gasteiger partial charge >= 0.3 is 11.8 Å². The number of amides is 1. The molecule has 0 bridgehead atoms. The third kappa shape index (κ3) is 4.14. The summed E-state index contributed by atoms with van der Waals surface area (Å²) < 4.78 is 26.9. The van der Waals surface area contributed by atoms with Gasteiger partial charge in [0.05, 0.1) is 23.4 Å². The second kappa shape index (κ2) is 7.80. The third-order valence-corrected chi connectivity index (χ3v) is 4.92. The quantitative estimate of drug-likeness (QED) is 0.584. The van der Waals surface area contributed by atoms with Crippen molar-refractivity contribution in [1.29, 1.82) is 0 Å². The first-order valence-corrected chi connectivity index (χ1v) is 9.08. The summed E-state index contributed by atoms with van der Waals surface area (Å²) in [7, 11) is 0. The normalized spacial score (nSPS) is 17.5. The lowest BCUT2D eigenvalue weighted by atomic mass is 9.84. The summed E-state index contributed by atoms with van der Waals surface area (Å²) in [4.78, 5) is 33.3. The number of rotatable bonds is 4. The lowest BCUT2D eigenvalue weighted by Gasteiger charge is -2.45. The van der Waals surface area contributed by atoms with E-state index in [-0.39, 0.29) is 23.7 Å². The topological polar surface area (TPSA) is 131 Å². The molecule has 0 aliphatic carbocycles. The molecule has 1 aliphatic heterocycles. The standard InChI is InChI=1S/C17H21F2N7O4/c1-17(2,3)12-9-23(4-5-24(12)16(27)28)15-20-6-10(7-21-15)25-8-11(26(29)30)13(22-25)14(18)19/h6-8,12,14H,4-5,9H2,1-3H3,(H,27,28). The molecule has 1 saturated heterocycles. The lowest BCUT2D eigenvalue weighted by Crippen LogP contribution is -2.59. The molecule has 3 heterocycles. The van der Waals surface area contributed by atoms with E-state index in [2.05, 4.69) is 15.1 Å². The highest BCUT2D eigenvalue weighted by Crippen LogP contribution is 2.30. The number of aromatic nitrogens is 4. The number of carboxylic acid groups (broad SMARTS) is 1. The summed E-state index contributed by atoms with van der Waals surface area (Å²) in [6.07, 6.45) is -0.539. The maximum Gasteiger partial charge on any atom is 0.407 e. The second-order valence-corrected chi connectivity index (χ2v) is 7.95. The van der Waals surface area contributed by atoms with E-state index in [4.69, 9.17) is 0 Å². The van der Waals surface area contributed by atoms with Crippen LogP contribution >= 0.6 is 0 Å². The Balaban J connectivity index is 1.83. The first kappa shape index (κ1) is 21.3. The van der Waals surface area contributed by atoms with Crippen molar-refractivity contribution >= 4 is 17.7 Å². The number of alkyl halides is 2. The number of nitrogens with zero attached hydrogens (tertiary/aromatic N) is 7. The van der Waals surface area contributed by atoms with Gasteiger partial charge in [0.2, 0.25) is 11.6 Å². The molecule has 1 unspecified atom stereocenters. The van der Waals surface area contributed by atoms with Crippen LogP contribution in [-0.2, 0) is 0 Å². The molecule has 30 heavy (non-hydrogen) atoms. The van der Waals surface area contributed by atoms with E-state index in [1.54, 1.807) is 0 Å². The average Bonchev–Trinajstić information content (AvgIpc) is 3.13. The summed E-state index contributed by atoms with van der Waals surface area (Å²) in [6.45, 7) is 6.91. The maximum absolute atomic E-state index is 13.0. The summed E-state index contributed by atoms with van der Waals surface area (Å²) in [6, 6.07) is -0.283. The Kier molecular flexibility index (Phi) is 5.55. The molecule has 1 atom stereocenters. The van der Waals surface area contributed by atoms with Gasteiger partial charge in [-0.05, 0) is 5.41 Å². The van der Waals surface area contributed by atoms with E-state index in [0.717, 1.165) is 10.9 Å². The molecule has 1 amide bonds. The van der Waals surface area contributed by atoms with Crippen molar-refractivity contribution in [3.05, 3.63) is 34.4 Å². The molecule has 1 N–H and O–H groups in total. The van der Waals surface area contributed by atoms with Crippen LogP contribution in [0.1, 0.15) is 32.9 Å². The zero-order valence-corrected chi connectivity index (χ0v) is 16.6. The zero-order chi connectivity index (χ0) is 22.2. The maximum atomic E-state index is 13.0. The van der Waals surface area contributed by atoms with Crippen LogP contribution in [0, 0.1) is 15.5 Å². The largest absolute Gasteiger partial charge is 0.465 e. The van der Waals surface area contributed by atoms with Gasteiger partial charge in [-0.25, -0.2) is 28.2 Å². The van der Waals surface area contributed by atoms with Crippen molar-refractivity contribution in [3.8, 4) is 5.69 Å². The summed E-state index contributed by atoms with van der Waals surface area (Å²) >= 11 is 0. The lowest BCUT2D eigenvalue weighted by molar-refractivity contribution is -0.386. The van der Waals surface area contributed by atoms with Gasteiger partial charge in [-0.2, -0.15) is 5.10 Å². The first-order chi connectivity index (χ1) is 14.0. The Labute approximate surface area is 170 Å². The van der Waals surface area contributed by atoms with Gasteiger partial charge in [-0.15, -0.1) is 0 Å². The number of nitro groups is 1. The molecule has 0 radical (unpaired) electrons. The van der Waals surface area contributed by atoms with Crippen LogP contribution < -0.4 is 4.90 Å². The van der Waals surface area contributed by atoms with E-state index >= 15 is 0 Å². The van der Waals surface area contributed by atoms with Crippen molar-refractivity contribution in [2.75, 3.05) is 24.5 Å². The van der Waals surface area contributed by atoms with Crippen LogP contribution in [0.3, 0.4) is 0 Å². The highest BCUT2D eigenvalue weighted by atomic mass is 19.3. The second-order valence-electron chi connectivity index (χ2n) is 7.95. The van der Waals surface area contributed by atoms with Crippen molar-refractivity contribution < 1.29 is 23.6 Å². The summed E-state index contributed by atoms with van der Waals surface area (Å²) in [5.41, 5.74) is -1.84. The molecule has 2 aromatic rings. The van der Waals surface area contributed by atoms with Gasteiger partial charge in [-0.3, -0.25) is 10.1 Å². The average molecular weight is 425 g/mol. The number of halogens is 2. The minimum Gasteiger partial charge on any atom is -0.465 e. The molecule has 1 fully saturated rings. The molecular formula is C17H21F2N7O4. The number of anilines is 1. The number of hydrogen-bond donors (Lipinski definition) is 1. The molecule has 1 aliphatic rings. The van der Waals surface area contributed by atoms with Crippen LogP contribution in [0.2, 0.25) is 0 Å². The molecule has 0 spiro atoms. The summed E-state index contributed by atoms with van der Waals surface area (Å²) in [5, 5.41) is 24.0. The number of carbonyl (C=O) groups is 1. The van der Waals surface area contributed by atoms with Gasteiger partial charge in [0.15, 0.2) is 0 Å². The van der Waals surface area contributed by atoms with Crippen LogP contribution in [0.4, 0.5) is 25.2 Å². The number of piperazine rings is 1. The highest BCUT2D eigenvalue weighted by Gasteiger charge is 2.38. The van der Waals surface area contributed by atoms with E-state index < -0.39 is 28.8 Å². The Morgan fingerprint density at radius 1 is 1.30 bits per heavy atom. The minimum absolute atomic E-state index is 0.185. The molecule has 11 nitrogen and oxygen atoms in total. The Hall–Kier alpha value is -3.38. The SMILES string of the molecule is CC(C)(C)C1CN(c2ncc(-n3cc([N+](=O)[O-])c(C(F)F)n3)cn2)CCN1C(=O)O. The molecule has 13 heteroatoms. The van der Waals surface area contributed by atoms with E-state index in [1.165, 1.54) is 17.3 Å². The van der Waals surface area contributed by atoms with Gasteiger partial charge in [-0.1, -0.05) is 20.8 Å². The van der Waals surface area contributed by atoms with Gasteiger partial charge in [0.1, 0.15) is 11.9 Å². The first-order valence-electron chi connectivity index (χ1n) is 9.08. The summed E-state index contributed by atoms with van der Waals surface area (Å²) in [5.74, 6) is 0.341. The predicted molar refractivity (Wildman–Crippen MR) is 101 cm³/mol. The van der Waals surface area contributed by atoms with Crippen LogP contribution in [-0.4, -0.2) is 66.4 Å². The molecule has 2 aromatic heterocycles. The van der Waals surface area contributed by atoms with Crippen LogP contribution in [0.15, 0.2) is 18.6 Å². The minimum atomic E-state index is -3.09. The predicted octanol–water partition coefficient (Wildman–Crippen LogP) is 2.72. The Morgan fingerprint density at radius 2 is 1.93 bits per heavy atom. The Morgan fingerprint density at radius 3 is 2.40 bits per heavy atom. The monoisotopic (exact) mass is 425 g/mol. The highest BCUT2D eigenvalue weighted by molar-refractivity contribution is 5.66. The molecule has 3 rings (SSSR count). The molecule has 162 valence electrons. The third-order valence-electron chi connectivity index (χ3n) is 4.92. The fraction of sp³-hybridized carbons (Fsp3) is 0.529. The Bertz CT molecular complexity index is 943. The fourth-order valence-corrected chi connectivity index (χ4v) is 3.34. The van der Waals surface area contributed by atoms with Crippen LogP contribution in [0.25, 0.3) is 5.69 Å². The van der Waals surface area contributed by atoms with E-state index in [0.29, 0.717) is 19.0 Å². The zero-order valence-electron chi connectivity index (χ0n) is 16.6. The van der Waals surface area contributed by atoms with Gasteiger partial charge in [0.25, 0.3) is 6.43 Å². The molecule has 0 aromatic carbocycles. The van der Waals surface area contributed by atoms with E-state index in [1.807, 2.05) is 25.7 Å². The smallest absolute Gasteiger partial charge is 0.407 e. The van der Waals surface area contributed by atoms with E-state index in [9.17, 15) is 28.8 Å². The van der Waals surface area contributed by atoms with Gasteiger partial charge < -0.3 is 14.9 Å². The fourth-order valence-electron chi connectivity index (χ4n) is 3.34. The molecular weight excluding hydrogens is 404 g/mol. The number of hydrogen-bond acceptors (Lipinski definition) is 7. The van der Waals surface area contributed by atoms with Crippen molar-refractivity contribution in [2.24, 2.45) is 5.41 Å². The van der Waals surface area contributed by atoms with Crippen molar-refractivity contribution in [3.63, 3.8) is 0 Å². The van der Waals surface area contributed by atoms with Crippen molar-refractivity contribution in [2.45, 2.75) is 33.2 Å². The van der Waals surface area contributed by atoms with Gasteiger partial charge in [0, 0.05) is 19.6 Å². The van der Waals surface area contributed by atoms with Crippen molar-refractivity contribution in [1.82, 2.24) is 24.6 Å². The molecule has 0 saturated carbocycles. The van der Waals surface area contributed by atoms with Crippen LogP contribution in [0.5, 0.6) is 0 Å².